The minimum atomic E-state index is -0.0829. The molecule has 1 aromatic heterocycles. The zero-order valence-electron chi connectivity index (χ0n) is 16.9. The highest BCUT2D eigenvalue weighted by Gasteiger charge is 2.13. The zero-order chi connectivity index (χ0) is 20.8. The summed E-state index contributed by atoms with van der Waals surface area (Å²) in [4.78, 5) is 27.1. The van der Waals surface area contributed by atoms with E-state index >= 15 is 0 Å². The van der Waals surface area contributed by atoms with Gasteiger partial charge in [-0.15, -0.1) is 11.3 Å². The second kappa shape index (κ2) is 9.47. The first-order valence-corrected chi connectivity index (χ1v) is 10.5. The largest absolute Gasteiger partial charge is 0.326 e. The molecule has 150 valence electrons. The van der Waals surface area contributed by atoms with Crippen LogP contribution in [-0.2, 0) is 17.6 Å². The number of hydrogen-bond donors (Lipinski definition) is 2. The molecule has 0 fully saturated rings. The van der Waals surface area contributed by atoms with Crippen molar-refractivity contribution in [3.8, 4) is 0 Å². The van der Waals surface area contributed by atoms with Gasteiger partial charge < -0.3 is 5.32 Å². The molecule has 2 aromatic carbocycles. The van der Waals surface area contributed by atoms with Crippen LogP contribution in [0, 0.1) is 13.8 Å². The second-order valence-corrected chi connectivity index (χ2v) is 7.91. The van der Waals surface area contributed by atoms with Crippen LogP contribution < -0.4 is 10.6 Å². The highest BCUT2D eigenvalue weighted by Crippen LogP contribution is 2.23. The van der Waals surface area contributed by atoms with Gasteiger partial charge in [-0.05, 0) is 49.9 Å². The monoisotopic (exact) mass is 407 g/mol. The maximum Gasteiger partial charge on any atom is 0.257 e. The lowest BCUT2D eigenvalue weighted by Crippen LogP contribution is -2.18. The van der Waals surface area contributed by atoms with Crippen LogP contribution in [0.25, 0.3) is 0 Å². The number of aryl methyl sites for hydroxylation is 4. The number of amides is 2. The predicted octanol–water partition coefficient (Wildman–Crippen LogP) is 5.15. The maximum atomic E-state index is 12.1. The van der Waals surface area contributed by atoms with Gasteiger partial charge in [0, 0.05) is 29.2 Å². The SMILES string of the molecule is CCc1ccc(C)cc1C(=O)Nc1nccs1.Cc1ccc2c(c1)CCC(=O)N2. The lowest BCUT2D eigenvalue weighted by atomic mass is 10.0. The number of nitrogens with zero attached hydrogens (tertiary/aromatic N) is 1. The molecule has 0 unspecified atom stereocenters. The molecule has 0 radical (unpaired) electrons. The number of aromatic nitrogens is 1. The van der Waals surface area contributed by atoms with Gasteiger partial charge in [0.05, 0.1) is 0 Å². The summed E-state index contributed by atoms with van der Waals surface area (Å²) in [6, 6.07) is 12.1. The quantitative estimate of drug-likeness (QED) is 0.631. The third-order valence-electron chi connectivity index (χ3n) is 4.70. The van der Waals surface area contributed by atoms with Crippen molar-refractivity contribution in [3.05, 3.63) is 75.8 Å². The van der Waals surface area contributed by atoms with E-state index in [1.807, 2.05) is 49.6 Å². The van der Waals surface area contributed by atoms with E-state index in [0.29, 0.717) is 11.6 Å². The van der Waals surface area contributed by atoms with E-state index in [2.05, 4.69) is 28.6 Å². The van der Waals surface area contributed by atoms with Crippen molar-refractivity contribution in [1.29, 1.82) is 0 Å². The van der Waals surface area contributed by atoms with Crippen LogP contribution in [-0.4, -0.2) is 16.8 Å². The van der Waals surface area contributed by atoms with E-state index in [9.17, 15) is 9.59 Å². The number of hydrogen-bond acceptors (Lipinski definition) is 4. The average molecular weight is 408 g/mol. The molecule has 0 bridgehead atoms. The smallest absolute Gasteiger partial charge is 0.257 e. The molecule has 0 aliphatic carbocycles. The first-order valence-electron chi connectivity index (χ1n) is 9.66. The number of rotatable bonds is 3. The van der Waals surface area contributed by atoms with Crippen LogP contribution >= 0.6 is 11.3 Å². The van der Waals surface area contributed by atoms with E-state index in [1.165, 1.54) is 22.5 Å². The third-order valence-corrected chi connectivity index (χ3v) is 5.39. The second-order valence-electron chi connectivity index (χ2n) is 7.01. The number of benzene rings is 2. The fraction of sp³-hybridized carbons (Fsp3) is 0.261. The van der Waals surface area contributed by atoms with Gasteiger partial charge in [-0.25, -0.2) is 4.98 Å². The Kier molecular flexibility index (Phi) is 6.77. The molecule has 0 spiro atoms. The van der Waals surface area contributed by atoms with Crippen LogP contribution in [0.1, 0.15) is 46.0 Å². The first kappa shape index (κ1) is 20.7. The van der Waals surface area contributed by atoms with E-state index in [1.54, 1.807) is 6.20 Å². The van der Waals surface area contributed by atoms with E-state index in [0.717, 1.165) is 35.2 Å². The van der Waals surface area contributed by atoms with Crippen molar-refractivity contribution in [1.82, 2.24) is 4.98 Å². The average Bonchev–Trinajstić information content (AvgIpc) is 3.21. The number of carbonyl (C=O) groups excluding carboxylic acids is 2. The highest BCUT2D eigenvalue weighted by molar-refractivity contribution is 7.13. The normalized spacial score (nSPS) is 12.3. The standard InChI is InChI=1S/C13H14N2OS.C10H11NO/c1-3-10-5-4-9(2)8-11(10)12(16)15-13-14-6-7-17-13;1-7-2-4-9-8(6-7)3-5-10(12)11-9/h4-8H,3H2,1-2H3,(H,14,15,16);2,4,6H,3,5H2,1H3,(H,11,12). The molecule has 29 heavy (non-hydrogen) atoms. The zero-order valence-corrected chi connectivity index (χ0v) is 17.7. The van der Waals surface area contributed by atoms with Gasteiger partial charge in [-0.3, -0.25) is 14.9 Å². The van der Waals surface area contributed by atoms with E-state index < -0.39 is 0 Å². The fourth-order valence-electron chi connectivity index (χ4n) is 3.17. The van der Waals surface area contributed by atoms with Crippen molar-refractivity contribution < 1.29 is 9.59 Å². The van der Waals surface area contributed by atoms with Gasteiger partial charge in [0.25, 0.3) is 5.91 Å². The molecule has 0 atom stereocenters. The van der Waals surface area contributed by atoms with Gasteiger partial charge in [-0.2, -0.15) is 0 Å². The van der Waals surface area contributed by atoms with Gasteiger partial charge >= 0.3 is 0 Å². The Morgan fingerprint density at radius 3 is 2.62 bits per heavy atom. The Labute approximate surface area is 175 Å². The molecule has 6 heteroatoms. The number of carbonyl (C=O) groups is 2. The van der Waals surface area contributed by atoms with Crippen molar-refractivity contribution in [3.63, 3.8) is 0 Å². The summed E-state index contributed by atoms with van der Waals surface area (Å²) in [6.45, 7) is 6.10. The Morgan fingerprint density at radius 2 is 1.90 bits per heavy atom. The van der Waals surface area contributed by atoms with Gasteiger partial charge in [-0.1, -0.05) is 42.3 Å². The molecule has 2 N–H and O–H groups in total. The molecule has 0 saturated heterocycles. The summed E-state index contributed by atoms with van der Waals surface area (Å²) >= 11 is 1.42. The number of thiazole rings is 1. The minimum absolute atomic E-state index is 0.0829. The number of fused-ring (bicyclic) bond motifs is 1. The summed E-state index contributed by atoms with van der Waals surface area (Å²) in [5, 5.41) is 8.13. The van der Waals surface area contributed by atoms with Crippen LogP contribution in [0.15, 0.2) is 48.0 Å². The Morgan fingerprint density at radius 1 is 1.14 bits per heavy atom. The molecular weight excluding hydrogens is 382 g/mol. The molecular formula is C23H25N3O2S. The van der Waals surface area contributed by atoms with Crippen LogP contribution in [0.3, 0.4) is 0 Å². The first-order chi connectivity index (χ1) is 14.0. The van der Waals surface area contributed by atoms with Crippen molar-refractivity contribution in [2.75, 3.05) is 10.6 Å². The summed E-state index contributed by atoms with van der Waals surface area (Å²) < 4.78 is 0. The molecule has 5 nitrogen and oxygen atoms in total. The molecule has 2 heterocycles. The Bertz CT molecular complexity index is 1010. The molecule has 2 amide bonds. The third kappa shape index (κ3) is 5.51. The summed E-state index contributed by atoms with van der Waals surface area (Å²) in [5.74, 6) is 0.0480. The van der Waals surface area contributed by atoms with Gasteiger partial charge in [0.2, 0.25) is 5.91 Å². The lowest BCUT2D eigenvalue weighted by Gasteiger charge is -2.16. The van der Waals surface area contributed by atoms with Crippen LogP contribution in [0.2, 0.25) is 0 Å². The summed E-state index contributed by atoms with van der Waals surface area (Å²) in [6.07, 6.45) is 4.03. The predicted molar refractivity (Wildman–Crippen MR) is 119 cm³/mol. The van der Waals surface area contributed by atoms with Gasteiger partial charge in [0.15, 0.2) is 5.13 Å². The fourth-order valence-corrected chi connectivity index (χ4v) is 3.70. The van der Waals surface area contributed by atoms with Crippen molar-refractivity contribution >= 4 is 34.0 Å². The topological polar surface area (TPSA) is 71.1 Å². The minimum Gasteiger partial charge on any atom is -0.326 e. The molecule has 4 rings (SSSR count). The van der Waals surface area contributed by atoms with Crippen LogP contribution in [0.5, 0.6) is 0 Å². The van der Waals surface area contributed by atoms with Gasteiger partial charge in [0.1, 0.15) is 0 Å². The van der Waals surface area contributed by atoms with E-state index in [4.69, 9.17) is 0 Å². The number of anilines is 2. The Hall–Kier alpha value is -2.99. The van der Waals surface area contributed by atoms with E-state index in [-0.39, 0.29) is 11.8 Å². The molecule has 1 aliphatic rings. The molecule has 0 saturated carbocycles. The maximum absolute atomic E-state index is 12.1. The molecule has 3 aromatic rings. The van der Waals surface area contributed by atoms with Crippen molar-refractivity contribution in [2.45, 2.75) is 40.0 Å². The lowest BCUT2D eigenvalue weighted by molar-refractivity contribution is -0.116. The van der Waals surface area contributed by atoms with Crippen molar-refractivity contribution in [2.24, 2.45) is 0 Å². The number of nitrogens with one attached hydrogen (secondary N) is 2. The Balaban J connectivity index is 0.000000176. The highest BCUT2D eigenvalue weighted by atomic mass is 32.1. The van der Waals surface area contributed by atoms with Crippen LogP contribution in [0.4, 0.5) is 10.8 Å². The molecule has 1 aliphatic heterocycles. The summed E-state index contributed by atoms with van der Waals surface area (Å²) in [5.41, 5.74) is 6.38. The summed E-state index contributed by atoms with van der Waals surface area (Å²) in [7, 11) is 0.